The van der Waals surface area contributed by atoms with E-state index in [0.717, 1.165) is 19.9 Å². The normalized spacial score (nSPS) is 16.7. The van der Waals surface area contributed by atoms with Crippen molar-refractivity contribution in [1.29, 1.82) is 0 Å². The first kappa shape index (κ1) is 18.5. The molecule has 1 aromatic rings. The second kappa shape index (κ2) is 6.24. The Morgan fingerprint density at radius 2 is 2.08 bits per heavy atom. The summed E-state index contributed by atoms with van der Waals surface area (Å²) in [5.74, 6) is 0. The molecule has 2 N–H and O–H groups in total. The van der Waals surface area contributed by atoms with Gasteiger partial charge in [-0.05, 0) is 12.8 Å². The Hall–Kier alpha value is -1.82. The molecule has 2 amide bonds. The Kier molecular flexibility index (Phi) is 4.81. The molecule has 0 radical (unpaired) electrons. The number of nitrogens with one attached hydrogen (secondary N) is 2. The number of ether oxygens (including phenoxy) is 1. The zero-order chi connectivity index (χ0) is 18.2. The van der Waals surface area contributed by atoms with Gasteiger partial charge in [0.15, 0.2) is 5.69 Å². The fourth-order valence-corrected chi connectivity index (χ4v) is 3.32. The molecule has 0 saturated heterocycles. The zero-order valence-corrected chi connectivity index (χ0v) is 13.8. The molecule has 24 heavy (non-hydrogen) atoms. The first-order valence-electron chi connectivity index (χ1n) is 6.90. The lowest BCUT2D eigenvalue weighted by atomic mass is 10.1. The van der Waals surface area contributed by atoms with Crippen LogP contribution < -0.4 is 10.0 Å². The molecule has 0 aromatic carbocycles. The maximum Gasteiger partial charge on any atom is 0.436 e. The van der Waals surface area contributed by atoms with Crippen LogP contribution in [0.25, 0.3) is 0 Å². The molecule has 1 aromatic heterocycles. The van der Waals surface area contributed by atoms with Crippen molar-refractivity contribution in [3.05, 3.63) is 11.9 Å². The minimum absolute atomic E-state index is 0.168. The number of hydrogen-bond acceptors (Lipinski definition) is 5. The summed E-state index contributed by atoms with van der Waals surface area (Å²) >= 11 is 0. The van der Waals surface area contributed by atoms with E-state index >= 15 is 0 Å². The van der Waals surface area contributed by atoms with Crippen molar-refractivity contribution < 1.29 is 31.1 Å². The molecule has 1 fully saturated rings. The van der Waals surface area contributed by atoms with Crippen molar-refractivity contribution >= 4 is 16.1 Å². The lowest BCUT2D eigenvalue weighted by Crippen LogP contribution is -2.42. The standard InChI is InChI=1S/C12H17F3N4O4S/c1-19-5-8(9(17-19)12(13,14)15)24(21,22)18-10(20)16-6-11(3-4-11)7-23-2/h5H,3-4,6-7H2,1-2H3,(H2,16,18,20). The summed E-state index contributed by atoms with van der Waals surface area (Å²) in [5.41, 5.74) is -1.82. The average molecular weight is 370 g/mol. The third-order valence-corrected chi connectivity index (χ3v) is 4.94. The molecule has 0 aliphatic heterocycles. The molecule has 1 aliphatic rings. The third kappa shape index (κ3) is 4.17. The number of nitrogens with zero attached hydrogens (tertiary/aromatic N) is 2. The third-order valence-electron chi connectivity index (χ3n) is 3.61. The predicted molar refractivity (Wildman–Crippen MR) is 75.5 cm³/mol. The molecule has 0 unspecified atom stereocenters. The number of alkyl halides is 3. The van der Waals surface area contributed by atoms with E-state index in [1.807, 2.05) is 0 Å². The van der Waals surface area contributed by atoms with Gasteiger partial charge in [0.25, 0.3) is 10.0 Å². The Morgan fingerprint density at radius 3 is 2.58 bits per heavy atom. The number of urea groups is 1. The van der Waals surface area contributed by atoms with Crippen molar-refractivity contribution in [3.63, 3.8) is 0 Å². The van der Waals surface area contributed by atoms with E-state index < -0.39 is 32.8 Å². The van der Waals surface area contributed by atoms with E-state index in [9.17, 15) is 26.4 Å². The van der Waals surface area contributed by atoms with Gasteiger partial charge in [-0.3, -0.25) is 4.68 Å². The van der Waals surface area contributed by atoms with Gasteiger partial charge in [-0.2, -0.15) is 18.3 Å². The van der Waals surface area contributed by atoms with Crippen LogP contribution in [0.5, 0.6) is 0 Å². The minimum atomic E-state index is -4.96. The van der Waals surface area contributed by atoms with Crippen LogP contribution in [0.15, 0.2) is 11.1 Å². The van der Waals surface area contributed by atoms with E-state index in [0.29, 0.717) is 17.5 Å². The molecule has 1 aliphatic carbocycles. The highest BCUT2D eigenvalue weighted by Crippen LogP contribution is 2.45. The van der Waals surface area contributed by atoms with Crippen molar-refractivity contribution in [2.45, 2.75) is 23.9 Å². The van der Waals surface area contributed by atoms with E-state index in [-0.39, 0.29) is 12.0 Å². The summed E-state index contributed by atoms with van der Waals surface area (Å²) in [6.07, 6.45) is -2.65. The quantitative estimate of drug-likeness (QED) is 0.773. The minimum Gasteiger partial charge on any atom is -0.384 e. The number of rotatable bonds is 6. The zero-order valence-electron chi connectivity index (χ0n) is 13.0. The van der Waals surface area contributed by atoms with Gasteiger partial charge >= 0.3 is 12.2 Å². The van der Waals surface area contributed by atoms with Gasteiger partial charge in [-0.25, -0.2) is 17.9 Å². The number of aromatic nitrogens is 2. The second-order valence-electron chi connectivity index (χ2n) is 5.73. The molecule has 0 bridgehead atoms. The van der Waals surface area contributed by atoms with Crippen molar-refractivity contribution in [2.75, 3.05) is 20.3 Å². The smallest absolute Gasteiger partial charge is 0.384 e. The van der Waals surface area contributed by atoms with Crippen LogP contribution in [0.2, 0.25) is 0 Å². The van der Waals surface area contributed by atoms with Gasteiger partial charge in [0.1, 0.15) is 4.90 Å². The lowest BCUT2D eigenvalue weighted by Gasteiger charge is -2.15. The first-order valence-corrected chi connectivity index (χ1v) is 8.38. The van der Waals surface area contributed by atoms with Crippen LogP contribution in [-0.4, -0.2) is 44.5 Å². The van der Waals surface area contributed by atoms with Crippen LogP contribution >= 0.6 is 0 Å². The number of carbonyl (C=O) groups is 1. The summed E-state index contributed by atoms with van der Waals surface area (Å²) in [6.45, 7) is 0.572. The van der Waals surface area contributed by atoms with Gasteiger partial charge < -0.3 is 10.1 Å². The highest BCUT2D eigenvalue weighted by molar-refractivity contribution is 7.90. The maximum absolute atomic E-state index is 12.8. The van der Waals surface area contributed by atoms with Crippen molar-refractivity contribution in [1.82, 2.24) is 19.8 Å². The number of methoxy groups -OCH3 is 1. The molecule has 12 heteroatoms. The van der Waals surface area contributed by atoms with Crippen LogP contribution in [0.4, 0.5) is 18.0 Å². The predicted octanol–water partition coefficient (Wildman–Crippen LogP) is 0.853. The second-order valence-corrected chi connectivity index (χ2v) is 7.39. The van der Waals surface area contributed by atoms with Crippen LogP contribution in [0.1, 0.15) is 18.5 Å². The SMILES string of the molecule is COCC1(CNC(=O)NS(=O)(=O)c2cn(C)nc2C(F)(F)F)CC1. The molecule has 2 rings (SSSR count). The molecule has 0 spiro atoms. The molecule has 0 atom stereocenters. The van der Waals surface area contributed by atoms with E-state index in [1.165, 1.54) is 7.11 Å². The number of amides is 2. The fourth-order valence-electron chi connectivity index (χ4n) is 2.20. The monoisotopic (exact) mass is 370 g/mol. The van der Waals surface area contributed by atoms with Crippen LogP contribution in [-0.2, 0) is 28.0 Å². The van der Waals surface area contributed by atoms with E-state index in [4.69, 9.17) is 4.74 Å². The van der Waals surface area contributed by atoms with Crippen LogP contribution in [0, 0.1) is 5.41 Å². The summed E-state index contributed by atoms with van der Waals surface area (Å²) in [6, 6.07) is -1.10. The Bertz CT molecular complexity index is 725. The van der Waals surface area contributed by atoms with Gasteiger partial charge in [-0.15, -0.1) is 0 Å². The van der Waals surface area contributed by atoms with Crippen LogP contribution in [0.3, 0.4) is 0 Å². The number of halogens is 3. The molecule has 1 heterocycles. The van der Waals surface area contributed by atoms with Gasteiger partial charge in [0.05, 0.1) is 6.61 Å². The summed E-state index contributed by atoms with van der Waals surface area (Å²) in [4.78, 5) is 10.6. The molecule has 1 saturated carbocycles. The summed E-state index contributed by atoms with van der Waals surface area (Å²) in [5, 5.41) is 5.44. The summed E-state index contributed by atoms with van der Waals surface area (Å²) in [7, 11) is -2.05. The molecule has 136 valence electrons. The Balaban J connectivity index is 2.07. The Labute approximate surface area is 136 Å². The summed E-state index contributed by atoms with van der Waals surface area (Å²) < 4.78 is 69.9. The number of carbonyl (C=O) groups excluding carboxylic acids is 1. The number of hydrogen-bond donors (Lipinski definition) is 2. The van der Waals surface area contributed by atoms with Crippen molar-refractivity contribution in [3.8, 4) is 0 Å². The van der Waals surface area contributed by atoms with Gasteiger partial charge in [0, 0.05) is 32.3 Å². The number of aryl methyl sites for hydroxylation is 1. The van der Waals surface area contributed by atoms with Crippen molar-refractivity contribution in [2.24, 2.45) is 12.5 Å². The Morgan fingerprint density at radius 1 is 1.46 bits per heavy atom. The number of sulfonamides is 1. The topological polar surface area (TPSA) is 102 Å². The van der Waals surface area contributed by atoms with E-state index in [2.05, 4.69) is 10.4 Å². The largest absolute Gasteiger partial charge is 0.436 e. The average Bonchev–Trinajstić information content (AvgIpc) is 3.07. The lowest BCUT2D eigenvalue weighted by molar-refractivity contribution is -0.143. The molecular formula is C12H17F3N4O4S. The first-order chi connectivity index (χ1) is 11.0. The fraction of sp³-hybridized carbons (Fsp3) is 0.667. The highest BCUT2D eigenvalue weighted by Gasteiger charge is 2.44. The maximum atomic E-state index is 12.8. The molecular weight excluding hydrogens is 353 g/mol. The van der Waals surface area contributed by atoms with Gasteiger partial charge in [0.2, 0.25) is 0 Å². The highest BCUT2D eigenvalue weighted by atomic mass is 32.2. The van der Waals surface area contributed by atoms with E-state index in [1.54, 1.807) is 4.72 Å². The molecule has 8 nitrogen and oxygen atoms in total. The van der Waals surface area contributed by atoms with Gasteiger partial charge in [-0.1, -0.05) is 0 Å².